The summed E-state index contributed by atoms with van der Waals surface area (Å²) in [5, 5.41) is 20.7. The maximum Gasteiger partial charge on any atom is 0.298 e. The highest BCUT2D eigenvalue weighted by Gasteiger charge is 2.10. The van der Waals surface area contributed by atoms with Crippen molar-refractivity contribution in [3.05, 3.63) is 54.9 Å². The minimum Gasteiger partial charge on any atom is -0.505 e. The molecule has 0 saturated heterocycles. The second-order valence-corrected chi connectivity index (χ2v) is 5.57. The minimum atomic E-state index is -0.178. The van der Waals surface area contributed by atoms with Gasteiger partial charge in [-0.05, 0) is 25.1 Å². The largest absolute Gasteiger partial charge is 0.505 e. The maximum atomic E-state index is 11.1. The number of nitrogens with zero attached hydrogens (tertiary/aromatic N) is 4. The molecule has 0 bridgehead atoms. The summed E-state index contributed by atoms with van der Waals surface area (Å²) in [4.78, 5) is 36.6. The molecule has 0 amide bonds. The van der Waals surface area contributed by atoms with Gasteiger partial charge in [-0.2, -0.15) is 0 Å². The lowest BCUT2D eigenvalue weighted by atomic mass is 10.1. The summed E-state index contributed by atoms with van der Waals surface area (Å²) in [5.74, 6) is -0.316. The van der Waals surface area contributed by atoms with Gasteiger partial charge >= 0.3 is 0 Å². The number of phenols is 2. The molecule has 0 radical (unpaired) electrons. The van der Waals surface area contributed by atoms with Gasteiger partial charge in [-0.25, -0.2) is 19.9 Å². The normalized spacial score (nSPS) is 10.2. The molecular formula is C19H14N4O5. The van der Waals surface area contributed by atoms with Crippen LogP contribution in [-0.4, -0.2) is 42.4 Å². The number of rotatable bonds is 3. The van der Waals surface area contributed by atoms with Crippen molar-refractivity contribution in [1.82, 2.24) is 19.9 Å². The number of carbonyl (C=O) groups excluding carboxylic acids is 2. The fraction of sp³-hybridized carbons (Fsp3) is 0.0526. The first-order chi connectivity index (χ1) is 13.5. The quantitative estimate of drug-likeness (QED) is 0.407. The Labute approximate surface area is 158 Å². The lowest BCUT2D eigenvalue weighted by molar-refractivity contribution is -0.120. The lowest BCUT2D eigenvalue weighted by Crippen LogP contribution is -1.94. The highest BCUT2D eigenvalue weighted by molar-refractivity contribution is 6.02. The zero-order valence-corrected chi connectivity index (χ0v) is 14.6. The first-order valence-electron chi connectivity index (χ1n) is 7.97. The van der Waals surface area contributed by atoms with Crippen LogP contribution in [0.4, 0.5) is 0 Å². The van der Waals surface area contributed by atoms with Crippen molar-refractivity contribution in [2.45, 2.75) is 6.92 Å². The van der Waals surface area contributed by atoms with Crippen LogP contribution in [-0.2, 0) is 4.79 Å². The van der Waals surface area contributed by atoms with Gasteiger partial charge in [-0.1, -0.05) is 6.07 Å². The fourth-order valence-electron chi connectivity index (χ4n) is 2.49. The van der Waals surface area contributed by atoms with Gasteiger partial charge in [0.25, 0.3) is 6.47 Å². The molecule has 28 heavy (non-hydrogen) atoms. The molecule has 4 rings (SSSR count). The molecule has 0 aliphatic carbocycles. The van der Waals surface area contributed by atoms with E-state index in [1.165, 1.54) is 25.6 Å². The Kier molecular flexibility index (Phi) is 5.35. The summed E-state index contributed by atoms with van der Waals surface area (Å²) in [7, 11) is 0. The van der Waals surface area contributed by atoms with Gasteiger partial charge < -0.3 is 14.9 Å². The molecule has 0 unspecified atom stereocenters. The molecule has 2 N–H and O–H groups in total. The van der Waals surface area contributed by atoms with E-state index in [0.29, 0.717) is 16.4 Å². The summed E-state index contributed by atoms with van der Waals surface area (Å²) < 4.78 is 4.55. The van der Waals surface area contributed by atoms with E-state index in [4.69, 9.17) is 0 Å². The van der Waals surface area contributed by atoms with E-state index in [1.54, 1.807) is 30.6 Å². The minimum absolute atomic E-state index is 0.0719. The number of benzene rings is 2. The number of ketones is 1. The highest BCUT2D eigenvalue weighted by atomic mass is 16.5. The van der Waals surface area contributed by atoms with Crippen molar-refractivity contribution in [3.8, 4) is 17.2 Å². The third-order valence-corrected chi connectivity index (χ3v) is 3.82. The molecule has 0 saturated carbocycles. The third-order valence-electron chi connectivity index (χ3n) is 3.82. The maximum absolute atomic E-state index is 11.1. The Morgan fingerprint density at radius 1 is 0.929 bits per heavy atom. The van der Waals surface area contributed by atoms with E-state index in [-0.39, 0.29) is 35.1 Å². The Morgan fingerprint density at radius 3 is 2.07 bits per heavy atom. The number of hydrogen-bond donors (Lipinski definition) is 2. The zero-order valence-electron chi connectivity index (χ0n) is 14.6. The van der Waals surface area contributed by atoms with E-state index in [9.17, 15) is 19.8 Å². The molecule has 0 aliphatic heterocycles. The average molecular weight is 378 g/mol. The summed E-state index contributed by atoms with van der Waals surface area (Å²) >= 11 is 0. The average Bonchev–Trinajstić information content (AvgIpc) is 2.71. The van der Waals surface area contributed by atoms with Crippen molar-refractivity contribution in [2.24, 2.45) is 0 Å². The summed E-state index contributed by atoms with van der Waals surface area (Å²) in [6.07, 6.45) is 5.80. The molecule has 2 aromatic heterocycles. The van der Waals surface area contributed by atoms with Gasteiger partial charge in [0.05, 0.1) is 5.56 Å². The predicted molar refractivity (Wildman–Crippen MR) is 99.1 cm³/mol. The van der Waals surface area contributed by atoms with E-state index in [1.807, 2.05) is 0 Å². The van der Waals surface area contributed by atoms with Gasteiger partial charge in [0.2, 0.25) is 0 Å². The molecular weight excluding hydrogens is 364 g/mol. The first-order valence-corrected chi connectivity index (χ1v) is 7.97. The van der Waals surface area contributed by atoms with Crippen molar-refractivity contribution >= 4 is 34.1 Å². The first kappa shape index (κ1) is 18.6. The summed E-state index contributed by atoms with van der Waals surface area (Å²) in [5.41, 5.74) is 1.06. The number of Topliss-reactive ketones (excluding diaryl/α,β-unsaturated/α-hetero) is 1. The van der Waals surface area contributed by atoms with Crippen LogP contribution in [0.1, 0.15) is 17.3 Å². The highest BCUT2D eigenvalue weighted by Crippen LogP contribution is 2.32. The van der Waals surface area contributed by atoms with Gasteiger partial charge in [0.1, 0.15) is 23.7 Å². The van der Waals surface area contributed by atoms with Gasteiger partial charge in [0, 0.05) is 23.2 Å². The zero-order chi connectivity index (χ0) is 20.1. The molecule has 0 atom stereocenters. The van der Waals surface area contributed by atoms with Crippen molar-refractivity contribution in [1.29, 1.82) is 0 Å². The summed E-state index contributed by atoms with van der Waals surface area (Å²) in [6, 6.07) is 6.43. The molecule has 2 heterocycles. The molecule has 4 aromatic rings. The molecule has 0 spiro atoms. The fourth-order valence-corrected chi connectivity index (χ4v) is 2.49. The van der Waals surface area contributed by atoms with Crippen LogP contribution in [0.5, 0.6) is 17.2 Å². The molecule has 0 aliphatic rings. The Balaban J connectivity index is 0.000000161. The van der Waals surface area contributed by atoms with Crippen LogP contribution in [0.25, 0.3) is 21.8 Å². The Morgan fingerprint density at radius 2 is 1.50 bits per heavy atom. The lowest BCUT2D eigenvalue weighted by Gasteiger charge is -2.03. The van der Waals surface area contributed by atoms with Crippen LogP contribution >= 0.6 is 0 Å². The van der Waals surface area contributed by atoms with Gasteiger partial charge in [-0.15, -0.1) is 0 Å². The van der Waals surface area contributed by atoms with Crippen molar-refractivity contribution < 1.29 is 24.5 Å². The van der Waals surface area contributed by atoms with E-state index >= 15 is 0 Å². The second-order valence-electron chi connectivity index (χ2n) is 5.57. The SMILES string of the molecule is CC(=O)c1ccc2cncnc2c1O.O=COc1ccc2cncnc2c1O. The van der Waals surface area contributed by atoms with Gasteiger partial charge in [-0.3, -0.25) is 9.59 Å². The smallest absolute Gasteiger partial charge is 0.298 e. The number of aromatic hydroxyl groups is 2. The molecule has 2 aromatic carbocycles. The van der Waals surface area contributed by atoms with Gasteiger partial charge in [0.15, 0.2) is 23.0 Å². The predicted octanol–water partition coefficient (Wildman–Crippen LogP) is 2.41. The standard InChI is InChI=1S/C10H8N2O2.C9H6N2O3/c1-6(13)8-3-2-7-4-11-5-12-9(7)10(8)14;12-5-14-7-2-1-6-3-10-4-11-8(6)9(7)13/h2-5,14H,1H3;1-5,13H. The van der Waals surface area contributed by atoms with Crippen LogP contribution in [0.3, 0.4) is 0 Å². The molecule has 140 valence electrons. The van der Waals surface area contributed by atoms with E-state index in [2.05, 4.69) is 24.7 Å². The molecule has 0 fully saturated rings. The number of phenolic OH excluding ortho intramolecular Hbond substituents is 2. The van der Waals surface area contributed by atoms with Crippen LogP contribution in [0, 0.1) is 0 Å². The van der Waals surface area contributed by atoms with Crippen LogP contribution < -0.4 is 4.74 Å². The van der Waals surface area contributed by atoms with E-state index < -0.39 is 0 Å². The van der Waals surface area contributed by atoms with E-state index in [0.717, 1.165) is 5.39 Å². The molecule has 9 nitrogen and oxygen atoms in total. The second kappa shape index (κ2) is 8.04. The number of aromatic nitrogens is 4. The van der Waals surface area contributed by atoms with Crippen LogP contribution in [0.2, 0.25) is 0 Å². The number of fused-ring (bicyclic) bond motifs is 2. The van der Waals surface area contributed by atoms with Crippen LogP contribution in [0.15, 0.2) is 49.3 Å². The Bertz CT molecular complexity index is 1180. The topological polar surface area (TPSA) is 135 Å². The number of ether oxygens (including phenoxy) is 1. The molecule has 9 heteroatoms. The van der Waals surface area contributed by atoms with Crippen molar-refractivity contribution in [2.75, 3.05) is 0 Å². The summed E-state index contributed by atoms with van der Waals surface area (Å²) in [6.45, 7) is 1.66. The monoisotopic (exact) mass is 378 g/mol. The third kappa shape index (κ3) is 3.68. The number of carbonyl (C=O) groups is 2. The Hall–Kier alpha value is -4.14. The van der Waals surface area contributed by atoms with Crippen molar-refractivity contribution in [3.63, 3.8) is 0 Å². The number of hydrogen-bond acceptors (Lipinski definition) is 9.